The van der Waals surface area contributed by atoms with E-state index in [1.54, 1.807) is 13.8 Å². The van der Waals surface area contributed by atoms with Gasteiger partial charge in [-0.05, 0) is 41.5 Å². The second kappa shape index (κ2) is 5.10. The highest BCUT2D eigenvalue weighted by atomic mass is 16.3. The SMILES string of the molecule is CCNc1nc(C)cc(NC(C)(C)C(C)(C)O)n1. The average Bonchev–Trinajstić information content (AvgIpc) is 2.13. The minimum Gasteiger partial charge on any atom is -0.388 e. The topological polar surface area (TPSA) is 70.1 Å². The predicted octanol–water partition coefficient (Wildman–Crippen LogP) is 2.18. The first-order chi connectivity index (χ1) is 8.15. The van der Waals surface area contributed by atoms with Crippen LogP contribution in [0.4, 0.5) is 11.8 Å². The first-order valence-electron chi connectivity index (χ1n) is 6.26. The number of rotatable bonds is 5. The lowest BCUT2D eigenvalue weighted by molar-refractivity contribution is 0.0239. The summed E-state index contributed by atoms with van der Waals surface area (Å²) in [7, 11) is 0. The van der Waals surface area contributed by atoms with Gasteiger partial charge in [0.1, 0.15) is 5.82 Å². The Morgan fingerprint density at radius 2 is 1.83 bits per heavy atom. The summed E-state index contributed by atoms with van der Waals surface area (Å²) in [4.78, 5) is 8.67. The summed E-state index contributed by atoms with van der Waals surface area (Å²) in [5.41, 5.74) is -0.461. The summed E-state index contributed by atoms with van der Waals surface area (Å²) >= 11 is 0. The van der Waals surface area contributed by atoms with E-state index < -0.39 is 11.1 Å². The molecule has 0 aromatic carbocycles. The zero-order valence-corrected chi connectivity index (χ0v) is 12.1. The van der Waals surface area contributed by atoms with Crippen molar-refractivity contribution in [1.82, 2.24) is 9.97 Å². The van der Waals surface area contributed by atoms with E-state index in [1.165, 1.54) is 0 Å². The third-order valence-electron chi connectivity index (χ3n) is 3.16. The molecule has 0 saturated carbocycles. The summed E-state index contributed by atoms with van der Waals surface area (Å²) in [6.45, 7) is 12.1. The average molecular weight is 252 g/mol. The number of aryl methyl sites for hydroxylation is 1. The van der Waals surface area contributed by atoms with Crippen molar-refractivity contribution in [3.8, 4) is 0 Å². The van der Waals surface area contributed by atoms with Gasteiger partial charge >= 0.3 is 0 Å². The second-order valence-corrected chi connectivity index (χ2v) is 5.56. The molecule has 0 amide bonds. The predicted molar refractivity (Wildman–Crippen MR) is 74.9 cm³/mol. The maximum atomic E-state index is 10.1. The van der Waals surface area contributed by atoms with E-state index in [1.807, 2.05) is 33.8 Å². The molecule has 102 valence electrons. The number of hydrogen-bond donors (Lipinski definition) is 3. The number of nitrogens with zero attached hydrogens (tertiary/aromatic N) is 2. The quantitative estimate of drug-likeness (QED) is 0.749. The number of aliphatic hydroxyl groups is 1. The van der Waals surface area contributed by atoms with E-state index >= 15 is 0 Å². The van der Waals surface area contributed by atoms with Gasteiger partial charge in [0.25, 0.3) is 0 Å². The third kappa shape index (κ3) is 3.57. The first kappa shape index (κ1) is 14.7. The van der Waals surface area contributed by atoms with Crippen LogP contribution in [0.2, 0.25) is 0 Å². The molecule has 0 spiro atoms. The highest BCUT2D eigenvalue weighted by molar-refractivity contribution is 5.44. The minimum absolute atomic E-state index is 0.489. The molecule has 1 aromatic rings. The molecule has 0 radical (unpaired) electrons. The van der Waals surface area contributed by atoms with Crippen LogP contribution in [-0.4, -0.2) is 32.8 Å². The minimum atomic E-state index is -0.857. The molecule has 0 aliphatic carbocycles. The maximum Gasteiger partial charge on any atom is 0.224 e. The summed E-state index contributed by atoms with van der Waals surface area (Å²) in [5, 5.41) is 16.5. The lowest BCUT2D eigenvalue weighted by Gasteiger charge is -2.38. The van der Waals surface area contributed by atoms with Gasteiger partial charge < -0.3 is 15.7 Å². The number of anilines is 2. The highest BCUT2D eigenvalue weighted by Crippen LogP contribution is 2.25. The van der Waals surface area contributed by atoms with Crippen LogP contribution in [0, 0.1) is 6.92 Å². The molecule has 0 unspecified atom stereocenters. The van der Waals surface area contributed by atoms with Gasteiger partial charge in [-0.15, -0.1) is 0 Å². The Kier molecular flexibility index (Phi) is 4.16. The maximum absolute atomic E-state index is 10.1. The van der Waals surface area contributed by atoms with Crippen LogP contribution in [0.5, 0.6) is 0 Å². The molecule has 1 rings (SSSR count). The molecule has 1 aromatic heterocycles. The fourth-order valence-corrected chi connectivity index (χ4v) is 1.34. The molecule has 0 fully saturated rings. The van der Waals surface area contributed by atoms with Gasteiger partial charge in [0.15, 0.2) is 0 Å². The number of hydrogen-bond acceptors (Lipinski definition) is 5. The molecular formula is C13H24N4O. The summed E-state index contributed by atoms with van der Waals surface area (Å²) in [5.74, 6) is 1.32. The standard InChI is InChI=1S/C13H24N4O/c1-7-14-11-15-9(2)8-10(16-11)17-12(3,4)13(5,6)18/h8,18H,7H2,1-6H3,(H2,14,15,16,17). The van der Waals surface area contributed by atoms with Crippen molar-refractivity contribution < 1.29 is 5.11 Å². The molecule has 18 heavy (non-hydrogen) atoms. The molecule has 1 heterocycles. The largest absolute Gasteiger partial charge is 0.388 e. The smallest absolute Gasteiger partial charge is 0.224 e. The van der Waals surface area contributed by atoms with E-state index in [2.05, 4.69) is 20.6 Å². The van der Waals surface area contributed by atoms with E-state index in [4.69, 9.17) is 0 Å². The Hall–Kier alpha value is -1.36. The van der Waals surface area contributed by atoms with Crippen molar-refractivity contribution in [3.05, 3.63) is 11.8 Å². The van der Waals surface area contributed by atoms with Gasteiger partial charge in [-0.2, -0.15) is 4.98 Å². The Labute approximate surface area is 109 Å². The Balaban J connectivity index is 2.97. The number of aromatic nitrogens is 2. The van der Waals surface area contributed by atoms with Gasteiger partial charge in [0, 0.05) is 18.3 Å². The van der Waals surface area contributed by atoms with Crippen molar-refractivity contribution in [3.63, 3.8) is 0 Å². The zero-order valence-electron chi connectivity index (χ0n) is 12.1. The van der Waals surface area contributed by atoms with Gasteiger partial charge in [0.2, 0.25) is 5.95 Å². The van der Waals surface area contributed by atoms with Crippen LogP contribution in [0.1, 0.15) is 40.3 Å². The van der Waals surface area contributed by atoms with E-state index in [9.17, 15) is 5.11 Å². The Morgan fingerprint density at radius 1 is 1.22 bits per heavy atom. The lowest BCUT2D eigenvalue weighted by Crippen LogP contribution is -2.51. The monoisotopic (exact) mass is 252 g/mol. The third-order valence-corrected chi connectivity index (χ3v) is 3.16. The zero-order chi connectivity index (χ0) is 14.0. The van der Waals surface area contributed by atoms with Gasteiger partial charge in [-0.1, -0.05) is 0 Å². The van der Waals surface area contributed by atoms with Crippen LogP contribution < -0.4 is 10.6 Å². The highest BCUT2D eigenvalue weighted by Gasteiger charge is 2.35. The van der Waals surface area contributed by atoms with E-state index in [-0.39, 0.29) is 0 Å². The van der Waals surface area contributed by atoms with Gasteiger partial charge in [-0.25, -0.2) is 4.98 Å². The summed E-state index contributed by atoms with van der Waals surface area (Å²) in [6, 6.07) is 1.87. The van der Waals surface area contributed by atoms with Crippen LogP contribution in [0.3, 0.4) is 0 Å². The van der Waals surface area contributed by atoms with Crippen molar-refractivity contribution >= 4 is 11.8 Å². The molecule has 0 bridgehead atoms. The van der Waals surface area contributed by atoms with Crippen molar-refractivity contribution in [2.75, 3.05) is 17.2 Å². The summed E-state index contributed by atoms with van der Waals surface area (Å²) < 4.78 is 0. The summed E-state index contributed by atoms with van der Waals surface area (Å²) in [6.07, 6.45) is 0. The molecule has 3 N–H and O–H groups in total. The number of nitrogens with one attached hydrogen (secondary N) is 2. The first-order valence-corrected chi connectivity index (χ1v) is 6.26. The fourth-order valence-electron chi connectivity index (χ4n) is 1.34. The van der Waals surface area contributed by atoms with Crippen LogP contribution >= 0.6 is 0 Å². The van der Waals surface area contributed by atoms with Crippen LogP contribution in [0.15, 0.2) is 6.07 Å². The molecule has 0 saturated heterocycles. The van der Waals surface area contributed by atoms with Gasteiger partial charge in [0.05, 0.1) is 11.1 Å². The van der Waals surface area contributed by atoms with Gasteiger partial charge in [-0.3, -0.25) is 0 Å². The van der Waals surface area contributed by atoms with E-state index in [0.29, 0.717) is 11.8 Å². The molecule has 0 aliphatic heterocycles. The molecule has 0 atom stereocenters. The normalized spacial score (nSPS) is 12.4. The molecule has 0 aliphatic rings. The van der Waals surface area contributed by atoms with Crippen LogP contribution in [-0.2, 0) is 0 Å². The van der Waals surface area contributed by atoms with E-state index in [0.717, 1.165) is 12.2 Å². The molecule has 5 heteroatoms. The molecule has 5 nitrogen and oxygen atoms in total. The Morgan fingerprint density at radius 3 is 2.33 bits per heavy atom. The lowest BCUT2D eigenvalue weighted by atomic mass is 9.86. The Bertz CT molecular complexity index is 410. The van der Waals surface area contributed by atoms with Crippen molar-refractivity contribution in [1.29, 1.82) is 0 Å². The fraction of sp³-hybridized carbons (Fsp3) is 0.692. The van der Waals surface area contributed by atoms with Crippen molar-refractivity contribution in [2.45, 2.75) is 52.7 Å². The van der Waals surface area contributed by atoms with Crippen LogP contribution in [0.25, 0.3) is 0 Å². The van der Waals surface area contributed by atoms with Crippen molar-refractivity contribution in [2.24, 2.45) is 0 Å². The molecular weight excluding hydrogens is 228 g/mol. The second-order valence-electron chi connectivity index (χ2n) is 5.56.